The highest BCUT2D eigenvalue weighted by atomic mass is 16.6. The van der Waals surface area contributed by atoms with Gasteiger partial charge in [0.2, 0.25) is 0 Å². The maximum absolute atomic E-state index is 11.4. The van der Waals surface area contributed by atoms with Crippen molar-refractivity contribution in [1.82, 2.24) is 5.32 Å². The molecule has 57 heavy (non-hydrogen) atoms. The first-order chi connectivity index (χ1) is 27.9. The zero-order chi connectivity index (χ0) is 42.0. The smallest absolute Gasteiger partial charge is 0.407 e. The Morgan fingerprint density at radius 1 is 0.333 bits per heavy atom. The van der Waals surface area contributed by atoms with Gasteiger partial charge in [0.05, 0.1) is 185 Å². The number of ether oxygens (including phenoxy) is 15. The fourth-order valence-electron chi connectivity index (χ4n) is 3.63. The molecule has 0 saturated carbocycles. The van der Waals surface area contributed by atoms with E-state index in [-0.39, 0.29) is 0 Å². The van der Waals surface area contributed by atoms with Gasteiger partial charge in [-0.25, -0.2) is 4.79 Å². The minimum absolute atomic E-state index is 0.391. The third-order valence-corrected chi connectivity index (χ3v) is 6.17. The number of nitrogens with one attached hydrogen (secondary N) is 1. The molecule has 0 atom stereocenters. The fourth-order valence-corrected chi connectivity index (χ4v) is 3.63. The van der Waals surface area contributed by atoms with Gasteiger partial charge < -0.3 is 93.6 Å². The lowest BCUT2D eigenvalue weighted by atomic mass is 10.2. The summed E-state index contributed by atoms with van der Waals surface area (Å²) in [7, 11) is 0. The van der Waals surface area contributed by atoms with Crippen molar-refractivity contribution in [2.24, 2.45) is 17.2 Å². The molecule has 0 spiro atoms. The Balaban J connectivity index is 0. The molecule has 0 radical (unpaired) electrons. The molecule has 0 bridgehead atoms. The maximum Gasteiger partial charge on any atom is 0.407 e. The van der Waals surface area contributed by atoms with E-state index in [4.69, 9.17) is 88.3 Å². The highest BCUT2D eigenvalue weighted by Gasteiger charge is 2.15. The van der Waals surface area contributed by atoms with Gasteiger partial charge in [0.1, 0.15) is 5.60 Å². The molecule has 1 amide bonds. The SMILES string of the molecule is CC(C)(C)OC(=O)NCCOCCOCCOCCOCCOCCOCCOCCN.NCCOCCOCCOCCOCCOCCOCCOCCN. The predicted molar refractivity (Wildman–Crippen MR) is 213 cm³/mol. The van der Waals surface area contributed by atoms with Gasteiger partial charge in [-0.3, -0.25) is 0 Å². The quantitative estimate of drug-likeness (QED) is 0.0571. The van der Waals surface area contributed by atoms with Gasteiger partial charge in [-0.15, -0.1) is 0 Å². The summed E-state index contributed by atoms with van der Waals surface area (Å²) in [5.41, 5.74) is 15.4. The van der Waals surface area contributed by atoms with E-state index < -0.39 is 11.7 Å². The molecule has 0 fully saturated rings. The number of carbonyl (C=O) groups excluding carboxylic acids is 1. The van der Waals surface area contributed by atoms with Crippen LogP contribution in [0, 0.1) is 0 Å². The van der Waals surface area contributed by atoms with Crippen molar-refractivity contribution in [1.29, 1.82) is 0 Å². The first-order valence-electron chi connectivity index (χ1n) is 20.0. The van der Waals surface area contributed by atoms with Crippen LogP contribution in [0.4, 0.5) is 4.79 Å². The molecule has 0 aliphatic rings. The first kappa shape index (κ1) is 57.7. The molecule has 344 valence electrons. The lowest BCUT2D eigenvalue weighted by Gasteiger charge is -2.19. The van der Waals surface area contributed by atoms with Crippen LogP contribution in [-0.4, -0.2) is 223 Å². The standard InChI is InChI=1S/C21H44N2O9.C16H36N2O7/c1-21(2,3)32-20(24)23-5-7-26-9-11-28-13-15-30-17-19-31-18-16-29-14-12-27-10-8-25-6-4-22;17-1-3-19-5-7-21-9-11-23-13-15-25-16-14-24-12-10-22-8-6-20-4-2-18/h4-19,22H2,1-3H3,(H,23,24);1-18H2. The van der Waals surface area contributed by atoms with Gasteiger partial charge in [0, 0.05) is 26.2 Å². The second-order valence-electron chi connectivity index (χ2n) is 12.4. The van der Waals surface area contributed by atoms with E-state index in [9.17, 15) is 4.79 Å². The molecule has 0 heterocycles. The second-order valence-corrected chi connectivity index (χ2v) is 12.4. The summed E-state index contributed by atoms with van der Waals surface area (Å²) in [5, 5.41) is 2.62. The molecule has 0 unspecified atom stereocenters. The van der Waals surface area contributed by atoms with Crippen LogP contribution < -0.4 is 22.5 Å². The molecule has 20 nitrogen and oxygen atoms in total. The molecule has 0 aromatic heterocycles. The van der Waals surface area contributed by atoms with Crippen LogP contribution in [0.15, 0.2) is 0 Å². The largest absolute Gasteiger partial charge is 0.444 e. The molecule has 0 saturated heterocycles. The van der Waals surface area contributed by atoms with Crippen LogP contribution in [-0.2, 0) is 71.1 Å². The van der Waals surface area contributed by atoms with Crippen LogP contribution in [0.5, 0.6) is 0 Å². The van der Waals surface area contributed by atoms with Crippen LogP contribution in [0.1, 0.15) is 20.8 Å². The minimum atomic E-state index is -0.502. The summed E-state index contributed by atoms with van der Waals surface area (Å²) in [6, 6.07) is 0. The number of nitrogens with two attached hydrogens (primary N) is 3. The fraction of sp³-hybridized carbons (Fsp3) is 0.973. The number of amides is 1. The zero-order valence-corrected chi connectivity index (χ0v) is 35.4. The first-order valence-corrected chi connectivity index (χ1v) is 20.0. The van der Waals surface area contributed by atoms with E-state index >= 15 is 0 Å². The van der Waals surface area contributed by atoms with E-state index in [1.807, 2.05) is 20.8 Å². The molecule has 0 aromatic carbocycles. The molecular formula is C37H80N4O16. The van der Waals surface area contributed by atoms with E-state index in [1.54, 1.807) is 0 Å². The van der Waals surface area contributed by atoms with Crippen molar-refractivity contribution in [3.05, 3.63) is 0 Å². The summed E-state index contributed by atoms with van der Waals surface area (Å²) >= 11 is 0. The molecule has 7 N–H and O–H groups in total. The number of alkyl carbamates (subject to hydrolysis) is 1. The van der Waals surface area contributed by atoms with E-state index in [0.29, 0.717) is 211 Å². The van der Waals surface area contributed by atoms with Gasteiger partial charge in [-0.05, 0) is 20.8 Å². The van der Waals surface area contributed by atoms with Crippen LogP contribution in [0.25, 0.3) is 0 Å². The number of rotatable bonds is 45. The monoisotopic (exact) mass is 837 g/mol. The Kier molecular flexibility index (Phi) is 51.3. The number of hydrogen-bond acceptors (Lipinski definition) is 19. The van der Waals surface area contributed by atoms with Crippen molar-refractivity contribution in [3.63, 3.8) is 0 Å². The highest BCUT2D eigenvalue weighted by Crippen LogP contribution is 2.06. The van der Waals surface area contributed by atoms with Crippen molar-refractivity contribution in [3.8, 4) is 0 Å². The van der Waals surface area contributed by atoms with Crippen LogP contribution in [0.3, 0.4) is 0 Å². The normalized spacial score (nSPS) is 11.5. The van der Waals surface area contributed by atoms with Crippen LogP contribution in [0.2, 0.25) is 0 Å². The summed E-state index contributed by atoms with van der Waals surface area (Å²) < 4.78 is 79.7. The third kappa shape index (κ3) is 59.0. The Morgan fingerprint density at radius 3 is 0.684 bits per heavy atom. The lowest BCUT2D eigenvalue weighted by Crippen LogP contribution is -2.34. The van der Waals surface area contributed by atoms with Gasteiger partial charge in [0.15, 0.2) is 0 Å². The Labute approximate surface area is 341 Å². The molecule has 0 aliphatic carbocycles. The summed E-state index contributed by atoms with van der Waals surface area (Å²) in [5.74, 6) is 0. The summed E-state index contributed by atoms with van der Waals surface area (Å²) in [6.07, 6.45) is -0.447. The third-order valence-electron chi connectivity index (χ3n) is 6.17. The molecule has 0 rings (SSSR count). The lowest BCUT2D eigenvalue weighted by molar-refractivity contribution is -0.0202. The van der Waals surface area contributed by atoms with Gasteiger partial charge >= 0.3 is 6.09 Å². The minimum Gasteiger partial charge on any atom is -0.444 e. The van der Waals surface area contributed by atoms with E-state index in [2.05, 4.69) is 5.32 Å². The highest BCUT2D eigenvalue weighted by molar-refractivity contribution is 5.67. The Morgan fingerprint density at radius 2 is 0.509 bits per heavy atom. The van der Waals surface area contributed by atoms with E-state index in [1.165, 1.54) is 0 Å². The predicted octanol–water partition coefficient (Wildman–Crippen LogP) is -0.394. The molecular weight excluding hydrogens is 756 g/mol. The van der Waals surface area contributed by atoms with Crippen molar-refractivity contribution < 1.29 is 75.8 Å². The van der Waals surface area contributed by atoms with Crippen molar-refractivity contribution in [2.45, 2.75) is 26.4 Å². The number of hydrogen-bond donors (Lipinski definition) is 4. The molecule has 0 aliphatic heterocycles. The molecule has 20 heteroatoms. The van der Waals surface area contributed by atoms with Gasteiger partial charge in [-0.1, -0.05) is 0 Å². The van der Waals surface area contributed by atoms with Crippen LogP contribution >= 0.6 is 0 Å². The zero-order valence-electron chi connectivity index (χ0n) is 35.4. The van der Waals surface area contributed by atoms with E-state index in [0.717, 1.165) is 0 Å². The average molecular weight is 837 g/mol. The topological polar surface area (TPSA) is 246 Å². The molecule has 0 aromatic rings. The van der Waals surface area contributed by atoms with Crippen molar-refractivity contribution >= 4 is 6.09 Å². The Hall–Kier alpha value is -1.41. The van der Waals surface area contributed by atoms with Crippen molar-refractivity contribution in [2.75, 3.05) is 211 Å². The average Bonchev–Trinajstić information content (AvgIpc) is 3.18. The van der Waals surface area contributed by atoms with Gasteiger partial charge in [-0.2, -0.15) is 0 Å². The summed E-state index contributed by atoms with van der Waals surface area (Å²) in [6.45, 7) is 22.2. The second kappa shape index (κ2) is 50.7. The maximum atomic E-state index is 11.4. The van der Waals surface area contributed by atoms with Gasteiger partial charge in [0.25, 0.3) is 0 Å². The Bertz CT molecular complexity index is 741. The summed E-state index contributed by atoms with van der Waals surface area (Å²) in [4.78, 5) is 11.4. The number of carbonyl (C=O) groups is 1.